The predicted octanol–water partition coefficient (Wildman–Crippen LogP) is 4.43. The normalized spacial score (nSPS) is 13.8. The lowest BCUT2D eigenvalue weighted by Crippen LogP contribution is -2.46. The lowest BCUT2D eigenvalue weighted by molar-refractivity contribution is 0.0736. The van der Waals surface area contributed by atoms with Crippen LogP contribution in [0.3, 0.4) is 0 Å². The maximum absolute atomic E-state index is 12.0. The zero-order valence-electron chi connectivity index (χ0n) is 16.2. The first kappa shape index (κ1) is 21.4. The highest BCUT2D eigenvalue weighted by molar-refractivity contribution is 5.94. The number of aryl methyl sites for hydroxylation is 1. The van der Waals surface area contributed by atoms with Crippen molar-refractivity contribution in [2.45, 2.75) is 59.3 Å². The zero-order valence-corrected chi connectivity index (χ0v) is 16.2. The van der Waals surface area contributed by atoms with E-state index in [1.54, 1.807) is 0 Å². The van der Waals surface area contributed by atoms with E-state index in [0.717, 1.165) is 43.9 Å². The maximum atomic E-state index is 12.0. The molecule has 0 saturated carbocycles. The van der Waals surface area contributed by atoms with E-state index in [0.29, 0.717) is 0 Å². The first-order valence-electron chi connectivity index (χ1n) is 9.65. The number of benzene rings is 1. The Labute approximate surface area is 153 Å². The number of nitrogens with zero attached hydrogens (tertiary/aromatic N) is 1. The van der Waals surface area contributed by atoms with Crippen molar-refractivity contribution in [3.8, 4) is 0 Å². The standard InChI is InChI=1S/C12H16N2O.C9H19N/c1-10-2-4-11(5-3-10)12(15)14-8-6-13-7-9-14;1-3-4-5-6-7-8-9(2)10/h2-5,13H,6-9H2,1H3;10H,3-8H2,1-2H3. The van der Waals surface area contributed by atoms with Gasteiger partial charge in [-0.3, -0.25) is 4.79 Å². The van der Waals surface area contributed by atoms with Crippen molar-refractivity contribution in [2.75, 3.05) is 26.2 Å². The van der Waals surface area contributed by atoms with E-state index >= 15 is 0 Å². The third kappa shape index (κ3) is 9.40. The van der Waals surface area contributed by atoms with E-state index in [1.165, 1.54) is 37.7 Å². The summed E-state index contributed by atoms with van der Waals surface area (Å²) >= 11 is 0. The minimum absolute atomic E-state index is 0.150. The molecule has 2 N–H and O–H groups in total. The van der Waals surface area contributed by atoms with Crippen LogP contribution in [0.15, 0.2) is 24.3 Å². The summed E-state index contributed by atoms with van der Waals surface area (Å²) in [5, 5.41) is 10.4. The second-order valence-electron chi connectivity index (χ2n) is 6.85. The van der Waals surface area contributed by atoms with Crippen molar-refractivity contribution >= 4 is 11.6 Å². The smallest absolute Gasteiger partial charge is 0.253 e. The minimum Gasteiger partial charge on any atom is -0.336 e. The molecular formula is C21H35N3O. The number of hydrogen-bond donors (Lipinski definition) is 2. The molecule has 1 aromatic rings. The molecule has 140 valence electrons. The summed E-state index contributed by atoms with van der Waals surface area (Å²) in [6.45, 7) is 9.56. The van der Waals surface area contributed by atoms with Gasteiger partial charge in [0.1, 0.15) is 0 Å². The molecule has 0 bridgehead atoms. The molecule has 2 rings (SSSR count). The fourth-order valence-electron chi connectivity index (χ4n) is 2.74. The number of carbonyl (C=O) groups excluding carboxylic acids is 1. The molecule has 1 saturated heterocycles. The van der Waals surface area contributed by atoms with E-state index in [9.17, 15) is 4.79 Å². The van der Waals surface area contributed by atoms with Crippen molar-refractivity contribution < 1.29 is 4.79 Å². The Morgan fingerprint density at radius 3 is 2.24 bits per heavy atom. The SMILES string of the molecule is CCCCCCCC(C)=N.Cc1ccc(C(=O)N2CCNCC2)cc1. The molecule has 0 aromatic heterocycles. The van der Waals surface area contributed by atoms with Gasteiger partial charge in [0.15, 0.2) is 0 Å². The summed E-state index contributed by atoms with van der Waals surface area (Å²) in [6, 6.07) is 7.77. The first-order chi connectivity index (χ1) is 12.0. The van der Waals surface area contributed by atoms with Crippen LogP contribution in [-0.4, -0.2) is 42.7 Å². The van der Waals surface area contributed by atoms with Crippen molar-refractivity contribution in [1.82, 2.24) is 10.2 Å². The monoisotopic (exact) mass is 345 g/mol. The number of hydrogen-bond acceptors (Lipinski definition) is 3. The van der Waals surface area contributed by atoms with Crippen LogP contribution in [-0.2, 0) is 0 Å². The molecule has 1 heterocycles. The van der Waals surface area contributed by atoms with Crippen LogP contribution in [0.5, 0.6) is 0 Å². The van der Waals surface area contributed by atoms with Crippen LogP contribution >= 0.6 is 0 Å². The van der Waals surface area contributed by atoms with Crippen LogP contribution in [0.1, 0.15) is 68.3 Å². The molecular weight excluding hydrogens is 310 g/mol. The van der Waals surface area contributed by atoms with E-state index in [2.05, 4.69) is 12.2 Å². The van der Waals surface area contributed by atoms with Gasteiger partial charge in [-0.1, -0.05) is 50.3 Å². The number of unbranched alkanes of at least 4 members (excludes halogenated alkanes) is 4. The van der Waals surface area contributed by atoms with Crippen LogP contribution in [0, 0.1) is 12.3 Å². The molecule has 1 fully saturated rings. The lowest BCUT2D eigenvalue weighted by Gasteiger charge is -2.27. The van der Waals surface area contributed by atoms with Gasteiger partial charge in [0.2, 0.25) is 0 Å². The van der Waals surface area contributed by atoms with Crippen LogP contribution in [0.2, 0.25) is 0 Å². The average molecular weight is 346 g/mol. The third-order valence-electron chi connectivity index (χ3n) is 4.36. The number of piperazine rings is 1. The number of amides is 1. The highest BCUT2D eigenvalue weighted by Gasteiger charge is 2.17. The van der Waals surface area contributed by atoms with Gasteiger partial charge in [0.25, 0.3) is 5.91 Å². The van der Waals surface area contributed by atoms with E-state index in [-0.39, 0.29) is 5.91 Å². The van der Waals surface area contributed by atoms with Gasteiger partial charge in [0.05, 0.1) is 0 Å². The van der Waals surface area contributed by atoms with Crippen molar-refractivity contribution in [3.63, 3.8) is 0 Å². The quantitative estimate of drug-likeness (QED) is 0.567. The summed E-state index contributed by atoms with van der Waals surface area (Å²) in [5.74, 6) is 0.150. The summed E-state index contributed by atoms with van der Waals surface area (Å²) < 4.78 is 0. The van der Waals surface area contributed by atoms with Gasteiger partial charge in [0, 0.05) is 37.5 Å². The van der Waals surface area contributed by atoms with Crippen molar-refractivity contribution in [2.24, 2.45) is 0 Å². The molecule has 0 unspecified atom stereocenters. The molecule has 4 heteroatoms. The molecule has 4 nitrogen and oxygen atoms in total. The summed E-state index contributed by atoms with van der Waals surface area (Å²) in [7, 11) is 0. The largest absolute Gasteiger partial charge is 0.336 e. The molecule has 1 aliphatic rings. The van der Waals surface area contributed by atoms with Gasteiger partial charge in [-0.05, 0) is 38.8 Å². The Hall–Kier alpha value is -1.68. The van der Waals surface area contributed by atoms with Gasteiger partial charge < -0.3 is 15.6 Å². The molecule has 1 aliphatic heterocycles. The predicted molar refractivity (Wildman–Crippen MR) is 107 cm³/mol. The summed E-state index contributed by atoms with van der Waals surface area (Å²) in [5.41, 5.74) is 2.81. The summed E-state index contributed by atoms with van der Waals surface area (Å²) in [4.78, 5) is 13.9. The molecule has 0 radical (unpaired) electrons. The fraction of sp³-hybridized carbons (Fsp3) is 0.619. The maximum Gasteiger partial charge on any atom is 0.253 e. The van der Waals surface area contributed by atoms with Crippen molar-refractivity contribution in [1.29, 1.82) is 5.41 Å². The minimum atomic E-state index is 0.150. The van der Waals surface area contributed by atoms with Gasteiger partial charge in [-0.2, -0.15) is 0 Å². The average Bonchev–Trinajstić information content (AvgIpc) is 2.63. The van der Waals surface area contributed by atoms with E-state index in [1.807, 2.05) is 43.0 Å². The second-order valence-corrected chi connectivity index (χ2v) is 6.85. The first-order valence-corrected chi connectivity index (χ1v) is 9.65. The molecule has 1 aromatic carbocycles. The van der Waals surface area contributed by atoms with Crippen LogP contribution in [0.4, 0.5) is 0 Å². The van der Waals surface area contributed by atoms with Gasteiger partial charge >= 0.3 is 0 Å². The van der Waals surface area contributed by atoms with E-state index < -0.39 is 0 Å². The molecule has 1 amide bonds. The molecule has 0 aliphatic carbocycles. The Bertz CT molecular complexity index is 504. The second kappa shape index (κ2) is 12.6. The third-order valence-corrected chi connectivity index (χ3v) is 4.36. The van der Waals surface area contributed by atoms with Gasteiger partial charge in [-0.25, -0.2) is 0 Å². The number of rotatable bonds is 7. The number of nitrogens with one attached hydrogen (secondary N) is 2. The number of carbonyl (C=O) groups is 1. The highest BCUT2D eigenvalue weighted by Crippen LogP contribution is 2.07. The summed E-state index contributed by atoms with van der Waals surface area (Å²) in [6.07, 6.45) is 7.55. The highest BCUT2D eigenvalue weighted by atomic mass is 16.2. The Kier molecular flexibility index (Phi) is 10.8. The van der Waals surface area contributed by atoms with Crippen LogP contribution < -0.4 is 5.32 Å². The topological polar surface area (TPSA) is 56.2 Å². The van der Waals surface area contributed by atoms with Gasteiger partial charge in [-0.15, -0.1) is 0 Å². The molecule has 25 heavy (non-hydrogen) atoms. The zero-order chi connectivity index (χ0) is 18.5. The fourth-order valence-corrected chi connectivity index (χ4v) is 2.74. The Balaban J connectivity index is 0.000000275. The van der Waals surface area contributed by atoms with E-state index in [4.69, 9.17) is 5.41 Å². The molecule has 0 atom stereocenters. The molecule has 0 spiro atoms. The Morgan fingerprint density at radius 1 is 1.08 bits per heavy atom. The Morgan fingerprint density at radius 2 is 1.68 bits per heavy atom. The van der Waals surface area contributed by atoms with Crippen LogP contribution in [0.25, 0.3) is 0 Å². The lowest BCUT2D eigenvalue weighted by atomic mass is 10.1. The van der Waals surface area contributed by atoms with Crippen molar-refractivity contribution in [3.05, 3.63) is 35.4 Å².